The van der Waals surface area contributed by atoms with Gasteiger partial charge in [-0.3, -0.25) is 0 Å². The number of urea groups is 1. The molecule has 0 heterocycles. The summed E-state index contributed by atoms with van der Waals surface area (Å²) in [5.74, 6) is -1.23. The average molecular weight is 320 g/mol. The molecule has 0 saturated heterocycles. The molecular weight excluding hydrogens is 296 g/mol. The SMILES string of the molecule is CN(CCS(C)(=O)=O)C(=O)NC(C(=O)O)C1CCCCC1. The van der Waals surface area contributed by atoms with Gasteiger partial charge in [-0.25, -0.2) is 18.0 Å². The first-order valence-electron chi connectivity index (χ1n) is 7.13. The Morgan fingerprint density at radius 2 is 1.86 bits per heavy atom. The summed E-state index contributed by atoms with van der Waals surface area (Å²) in [5, 5.41) is 11.8. The molecule has 122 valence electrons. The molecule has 0 aromatic rings. The van der Waals surface area contributed by atoms with Crippen LogP contribution >= 0.6 is 0 Å². The largest absolute Gasteiger partial charge is 0.480 e. The second-order valence-corrected chi connectivity index (χ2v) is 7.97. The minimum atomic E-state index is -3.16. The number of hydrogen-bond acceptors (Lipinski definition) is 4. The average Bonchev–Trinajstić information content (AvgIpc) is 2.41. The van der Waals surface area contributed by atoms with E-state index < -0.39 is 27.9 Å². The predicted octanol–water partition coefficient (Wildman–Crippen LogP) is 0.706. The number of carboxylic acid groups (broad SMARTS) is 1. The van der Waals surface area contributed by atoms with E-state index in [4.69, 9.17) is 0 Å². The van der Waals surface area contributed by atoms with Crippen LogP contribution in [0, 0.1) is 5.92 Å². The molecule has 1 atom stereocenters. The Labute approximate surface area is 125 Å². The predicted molar refractivity (Wildman–Crippen MR) is 78.9 cm³/mol. The summed E-state index contributed by atoms with van der Waals surface area (Å²) in [6.07, 6.45) is 5.75. The fourth-order valence-corrected chi connectivity index (χ4v) is 3.10. The van der Waals surface area contributed by atoms with Crippen LogP contribution in [-0.4, -0.2) is 62.1 Å². The highest BCUT2D eigenvalue weighted by Gasteiger charge is 2.31. The van der Waals surface area contributed by atoms with Crippen LogP contribution in [0.5, 0.6) is 0 Å². The van der Waals surface area contributed by atoms with E-state index in [0.717, 1.165) is 38.4 Å². The van der Waals surface area contributed by atoms with E-state index in [0.29, 0.717) is 0 Å². The first-order chi connectivity index (χ1) is 9.70. The van der Waals surface area contributed by atoms with Crippen molar-refractivity contribution in [1.29, 1.82) is 0 Å². The third-order valence-corrected chi connectivity index (χ3v) is 4.73. The summed E-state index contributed by atoms with van der Waals surface area (Å²) >= 11 is 0. The Morgan fingerprint density at radius 1 is 1.29 bits per heavy atom. The molecule has 2 amide bonds. The van der Waals surface area contributed by atoms with Gasteiger partial charge in [-0.1, -0.05) is 19.3 Å². The molecule has 2 N–H and O–H groups in total. The van der Waals surface area contributed by atoms with E-state index in [1.165, 1.54) is 11.9 Å². The van der Waals surface area contributed by atoms with Crippen molar-refractivity contribution in [3.63, 3.8) is 0 Å². The Kier molecular flexibility index (Phi) is 6.44. The highest BCUT2D eigenvalue weighted by atomic mass is 32.2. The molecule has 21 heavy (non-hydrogen) atoms. The smallest absolute Gasteiger partial charge is 0.326 e. The van der Waals surface area contributed by atoms with E-state index >= 15 is 0 Å². The Bertz CT molecular complexity index is 471. The lowest BCUT2D eigenvalue weighted by atomic mass is 9.84. The van der Waals surface area contributed by atoms with Crippen LogP contribution < -0.4 is 5.32 Å². The molecule has 0 aromatic carbocycles. The summed E-state index contributed by atoms with van der Waals surface area (Å²) in [7, 11) is -1.70. The Hall–Kier alpha value is -1.31. The highest BCUT2D eigenvalue weighted by molar-refractivity contribution is 7.90. The summed E-state index contributed by atoms with van der Waals surface area (Å²) in [5.41, 5.74) is 0. The van der Waals surface area contributed by atoms with Gasteiger partial charge in [-0.05, 0) is 18.8 Å². The van der Waals surface area contributed by atoms with Crippen molar-refractivity contribution in [2.45, 2.75) is 38.1 Å². The van der Waals surface area contributed by atoms with Crippen LogP contribution in [0.2, 0.25) is 0 Å². The third-order valence-electron chi connectivity index (χ3n) is 3.81. The fourth-order valence-electron chi connectivity index (χ4n) is 2.50. The van der Waals surface area contributed by atoms with Gasteiger partial charge in [0.15, 0.2) is 0 Å². The van der Waals surface area contributed by atoms with Gasteiger partial charge >= 0.3 is 12.0 Å². The molecule has 0 radical (unpaired) electrons. The molecule has 1 saturated carbocycles. The number of carboxylic acids is 1. The fraction of sp³-hybridized carbons (Fsp3) is 0.846. The molecule has 1 rings (SSSR count). The van der Waals surface area contributed by atoms with Crippen LogP contribution in [0.15, 0.2) is 0 Å². The molecule has 1 fully saturated rings. The lowest BCUT2D eigenvalue weighted by molar-refractivity contribution is -0.141. The van der Waals surface area contributed by atoms with Crippen LogP contribution in [0.4, 0.5) is 4.79 Å². The van der Waals surface area contributed by atoms with Crippen molar-refractivity contribution in [2.75, 3.05) is 25.6 Å². The molecular formula is C13H24N2O5S. The van der Waals surface area contributed by atoms with Gasteiger partial charge in [0.25, 0.3) is 0 Å². The van der Waals surface area contributed by atoms with Crippen molar-refractivity contribution in [2.24, 2.45) is 5.92 Å². The van der Waals surface area contributed by atoms with Gasteiger partial charge in [0.05, 0.1) is 5.75 Å². The van der Waals surface area contributed by atoms with Crippen LogP contribution in [0.25, 0.3) is 0 Å². The Morgan fingerprint density at radius 3 is 2.33 bits per heavy atom. The van der Waals surface area contributed by atoms with Crippen molar-refractivity contribution in [1.82, 2.24) is 10.2 Å². The standard InChI is InChI=1S/C13H24N2O5S/c1-15(8-9-21(2,19)20)13(18)14-11(12(16)17)10-6-4-3-5-7-10/h10-11H,3-9H2,1-2H3,(H,14,18)(H,16,17). The zero-order chi connectivity index (χ0) is 16.0. The number of rotatable bonds is 6. The number of nitrogens with one attached hydrogen (secondary N) is 1. The quantitative estimate of drug-likeness (QED) is 0.750. The van der Waals surface area contributed by atoms with Gasteiger partial charge in [-0.2, -0.15) is 0 Å². The van der Waals surface area contributed by atoms with E-state index in [1.807, 2.05) is 0 Å². The van der Waals surface area contributed by atoms with E-state index in [9.17, 15) is 23.1 Å². The van der Waals surface area contributed by atoms with Gasteiger partial charge in [0.2, 0.25) is 0 Å². The second kappa shape index (κ2) is 7.63. The van der Waals surface area contributed by atoms with Crippen molar-refractivity contribution in [3.05, 3.63) is 0 Å². The van der Waals surface area contributed by atoms with Gasteiger partial charge in [-0.15, -0.1) is 0 Å². The van der Waals surface area contributed by atoms with Crippen molar-refractivity contribution in [3.8, 4) is 0 Å². The first kappa shape index (κ1) is 17.7. The molecule has 0 spiro atoms. The molecule has 0 aromatic heterocycles. The molecule has 8 heteroatoms. The molecule has 1 aliphatic carbocycles. The number of carbonyl (C=O) groups is 2. The summed E-state index contributed by atoms with van der Waals surface area (Å²) < 4.78 is 22.2. The first-order valence-corrected chi connectivity index (χ1v) is 9.19. The zero-order valence-corrected chi connectivity index (χ0v) is 13.4. The summed E-state index contributed by atoms with van der Waals surface area (Å²) in [6, 6.07) is -1.45. The summed E-state index contributed by atoms with van der Waals surface area (Å²) in [4.78, 5) is 24.5. The maximum Gasteiger partial charge on any atom is 0.326 e. The minimum Gasteiger partial charge on any atom is -0.480 e. The maximum absolute atomic E-state index is 12.0. The molecule has 7 nitrogen and oxygen atoms in total. The Balaban J connectivity index is 2.57. The molecule has 1 unspecified atom stereocenters. The van der Waals surface area contributed by atoms with Crippen LogP contribution in [-0.2, 0) is 14.6 Å². The second-order valence-electron chi connectivity index (χ2n) is 5.71. The third kappa shape index (κ3) is 6.33. The molecule has 0 bridgehead atoms. The number of nitrogens with zero attached hydrogens (tertiary/aromatic N) is 1. The van der Waals surface area contributed by atoms with Gasteiger partial charge in [0, 0.05) is 19.8 Å². The number of sulfone groups is 1. The number of carbonyl (C=O) groups excluding carboxylic acids is 1. The minimum absolute atomic E-state index is 0.0433. The molecule has 0 aliphatic heterocycles. The summed E-state index contributed by atoms with van der Waals surface area (Å²) in [6.45, 7) is 0.0433. The highest BCUT2D eigenvalue weighted by Crippen LogP contribution is 2.26. The van der Waals surface area contributed by atoms with Crippen molar-refractivity contribution < 1.29 is 23.1 Å². The van der Waals surface area contributed by atoms with Crippen LogP contribution in [0.3, 0.4) is 0 Å². The van der Waals surface area contributed by atoms with E-state index in [1.54, 1.807) is 0 Å². The maximum atomic E-state index is 12.0. The number of hydrogen-bond donors (Lipinski definition) is 2. The normalized spacial score (nSPS) is 18.0. The van der Waals surface area contributed by atoms with Crippen molar-refractivity contribution >= 4 is 21.8 Å². The van der Waals surface area contributed by atoms with Crippen LogP contribution in [0.1, 0.15) is 32.1 Å². The number of amides is 2. The van der Waals surface area contributed by atoms with Gasteiger partial charge in [0.1, 0.15) is 15.9 Å². The van der Waals surface area contributed by atoms with Gasteiger partial charge < -0.3 is 15.3 Å². The van der Waals surface area contributed by atoms with E-state index in [2.05, 4.69) is 5.32 Å². The monoisotopic (exact) mass is 320 g/mol. The lowest BCUT2D eigenvalue weighted by Crippen LogP contribution is -2.51. The number of aliphatic carboxylic acids is 1. The van der Waals surface area contributed by atoms with E-state index in [-0.39, 0.29) is 18.2 Å². The zero-order valence-electron chi connectivity index (χ0n) is 12.5. The molecule has 1 aliphatic rings. The lowest BCUT2D eigenvalue weighted by Gasteiger charge is -2.29. The topological polar surface area (TPSA) is 104 Å².